The molecule has 0 fully saturated rings. The Morgan fingerprint density at radius 2 is 1.12 bits per heavy atom. The Hall–Kier alpha value is -0.410. The van der Waals surface area contributed by atoms with E-state index in [-0.39, 0.29) is 0 Å². The van der Waals surface area contributed by atoms with Crippen molar-refractivity contribution >= 4 is 5.78 Å². The maximum atomic E-state index is 11.9. The summed E-state index contributed by atoms with van der Waals surface area (Å²) in [5.41, 5.74) is 5.49. The van der Waals surface area contributed by atoms with Crippen molar-refractivity contribution in [3.63, 3.8) is 0 Å². The fourth-order valence-corrected chi connectivity index (χ4v) is 3.51. The molecule has 2 N–H and O–H groups in total. The molecule has 0 amide bonds. The largest absolute Gasteiger partial charge is 0.330 e. The molecular formula is C23H48N2O. The number of hydrogen-bond acceptors (Lipinski definition) is 3. The van der Waals surface area contributed by atoms with Gasteiger partial charge in [-0.25, -0.2) is 0 Å². The van der Waals surface area contributed by atoms with E-state index < -0.39 is 0 Å². The van der Waals surface area contributed by atoms with E-state index >= 15 is 0 Å². The Balaban J connectivity index is 3.18. The van der Waals surface area contributed by atoms with Crippen molar-refractivity contribution in [2.24, 2.45) is 5.73 Å². The summed E-state index contributed by atoms with van der Waals surface area (Å²) in [6.45, 7) is 4.52. The number of Topliss-reactive ketones (excluding diaryl/α,β-unsaturated/α-hetero) is 1. The van der Waals surface area contributed by atoms with Crippen LogP contribution in [0.15, 0.2) is 0 Å². The fraction of sp³-hybridized carbons (Fsp3) is 0.957. The zero-order valence-electron chi connectivity index (χ0n) is 18.1. The van der Waals surface area contributed by atoms with Gasteiger partial charge in [0.2, 0.25) is 0 Å². The minimum atomic E-state index is 0.388. The summed E-state index contributed by atoms with van der Waals surface area (Å²) < 4.78 is 0. The van der Waals surface area contributed by atoms with Crippen LogP contribution in [0.2, 0.25) is 0 Å². The second kappa shape index (κ2) is 20.9. The van der Waals surface area contributed by atoms with E-state index in [9.17, 15) is 4.79 Å². The predicted molar refractivity (Wildman–Crippen MR) is 116 cm³/mol. The SMILES string of the molecule is CCCCCCCCCCCCCCCCCC(=O)CN(C)CCCN. The standard InChI is InChI=1S/C23H48N2O/c1-3-4-5-6-7-8-9-10-11-12-13-14-15-16-17-19-23(26)22-25(2)21-18-20-24/h3-22,24H2,1-2H3. The molecule has 0 radical (unpaired) electrons. The first-order chi connectivity index (χ1) is 12.7. The Morgan fingerprint density at radius 1 is 0.692 bits per heavy atom. The lowest BCUT2D eigenvalue weighted by Gasteiger charge is -2.14. The van der Waals surface area contributed by atoms with Gasteiger partial charge in [0.15, 0.2) is 0 Å². The first kappa shape index (κ1) is 25.6. The molecule has 26 heavy (non-hydrogen) atoms. The van der Waals surface area contributed by atoms with Gasteiger partial charge in [-0.2, -0.15) is 0 Å². The molecule has 0 saturated heterocycles. The van der Waals surface area contributed by atoms with Gasteiger partial charge in [0, 0.05) is 6.42 Å². The van der Waals surface area contributed by atoms with Crippen molar-refractivity contribution in [3.8, 4) is 0 Å². The maximum Gasteiger partial charge on any atom is 0.146 e. The van der Waals surface area contributed by atoms with Crippen molar-refractivity contribution in [1.29, 1.82) is 0 Å². The second-order valence-corrected chi connectivity index (χ2v) is 8.12. The van der Waals surface area contributed by atoms with Crippen molar-refractivity contribution in [1.82, 2.24) is 4.90 Å². The molecule has 0 bridgehead atoms. The molecule has 0 atom stereocenters. The average Bonchev–Trinajstić information content (AvgIpc) is 2.63. The van der Waals surface area contributed by atoms with Crippen LogP contribution in [-0.2, 0) is 4.79 Å². The Kier molecular flexibility index (Phi) is 20.6. The quantitative estimate of drug-likeness (QED) is 0.249. The van der Waals surface area contributed by atoms with Crippen molar-refractivity contribution in [3.05, 3.63) is 0 Å². The summed E-state index contributed by atoms with van der Waals surface area (Å²) in [6, 6.07) is 0. The maximum absolute atomic E-state index is 11.9. The van der Waals surface area contributed by atoms with Crippen LogP contribution < -0.4 is 5.73 Å². The van der Waals surface area contributed by atoms with Crippen molar-refractivity contribution in [2.75, 3.05) is 26.7 Å². The van der Waals surface area contributed by atoms with Gasteiger partial charge in [-0.1, -0.05) is 96.8 Å². The molecule has 0 aromatic heterocycles. The van der Waals surface area contributed by atoms with Gasteiger partial charge in [0.1, 0.15) is 5.78 Å². The van der Waals surface area contributed by atoms with E-state index in [0.29, 0.717) is 18.9 Å². The highest BCUT2D eigenvalue weighted by atomic mass is 16.1. The minimum absolute atomic E-state index is 0.388. The summed E-state index contributed by atoms with van der Waals surface area (Å²) in [5.74, 6) is 0.388. The molecule has 0 saturated carbocycles. The summed E-state index contributed by atoms with van der Waals surface area (Å²) in [4.78, 5) is 14.0. The highest BCUT2D eigenvalue weighted by Crippen LogP contribution is 2.13. The van der Waals surface area contributed by atoms with Crippen molar-refractivity contribution in [2.45, 2.75) is 116 Å². The van der Waals surface area contributed by atoms with Gasteiger partial charge in [0.05, 0.1) is 6.54 Å². The molecule has 3 heteroatoms. The lowest BCUT2D eigenvalue weighted by atomic mass is 10.0. The minimum Gasteiger partial charge on any atom is -0.330 e. The number of carbonyl (C=O) groups excluding carboxylic acids is 1. The van der Waals surface area contributed by atoms with Gasteiger partial charge in [-0.05, 0) is 33.0 Å². The zero-order valence-corrected chi connectivity index (χ0v) is 18.1. The van der Waals surface area contributed by atoms with Crippen molar-refractivity contribution < 1.29 is 4.79 Å². The van der Waals surface area contributed by atoms with Gasteiger partial charge in [0.25, 0.3) is 0 Å². The molecule has 0 aliphatic heterocycles. The molecular weight excluding hydrogens is 320 g/mol. The third-order valence-electron chi connectivity index (χ3n) is 5.25. The topological polar surface area (TPSA) is 46.3 Å². The highest BCUT2D eigenvalue weighted by molar-refractivity contribution is 5.80. The fourth-order valence-electron chi connectivity index (χ4n) is 3.51. The zero-order chi connectivity index (χ0) is 19.3. The third kappa shape index (κ3) is 19.9. The number of hydrogen-bond donors (Lipinski definition) is 1. The Bertz CT molecular complexity index is 294. The van der Waals surface area contributed by atoms with Crippen LogP contribution in [0, 0.1) is 0 Å². The van der Waals surface area contributed by atoms with E-state index in [1.807, 2.05) is 7.05 Å². The highest BCUT2D eigenvalue weighted by Gasteiger charge is 2.05. The van der Waals surface area contributed by atoms with Crippen LogP contribution in [0.25, 0.3) is 0 Å². The van der Waals surface area contributed by atoms with Gasteiger partial charge in [-0.15, -0.1) is 0 Å². The average molecular weight is 369 g/mol. The summed E-state index contributed by atoms with van der Waals surface area (Å²) in [5, 5.41) is 0. The molecule has 0 aliphatic carbocycles. The first-order valence-corrected chi connectivity index (χ1v) is 11.6. The van der Waals surface area contributed by atoms with Crippen LogP contribution in [-0.4, -0.2) is 37.4 Å². The molecule has 0 rings (SSSR count). The van der Waals surface area contributed by atoms with Crippen LogP contribution in [0.3, 0.4) is 0 Å². The molecule has 0 heterocycles. The lowest BCUT2D eigenvalue weighted by molar-refractivity contribution is -0.120. The van der Waals surface area contributed by atoms with Gasteiger partial charge < -0.3 is 5.73 Å². The van der Waals surface area contributed by atoms with E-state index in [0.717, 1.165) is 25.8 Å². The molecule has 0 spiro atoms. The Labute approximate surface area is 164 Å². The Morgan fingerprint density at radius 3 is 1.54 bits per heavy atom. The molecule has 0 aliphatic rings. The first-order valence-electron chi connectivity index (χ1n) is 11.6. The monoisotopic (exact) mass is 368 g/mol. The number of carbonyl (C=O) groups is 1. The van der Waals surface area contributed by atoms with Crippen LogP contribution in [0.5, 0.6) is 0 Å². The number of nitrogens with two attached hydrogens (primary N) is 1. The summed E-state index contributed by atoms with van der Waals surface area (Å²) in [7, 11) is 2.01. The van der Waals surface area contributed by atoms with E-state index in [1.54, 1.807) is 0 Å². The molecule has 0 unspecified atom stereocenters. The molecule has 156 valence electrons. The van der Waals surface area contributed by atoms with E-state index in [4.69, 9.17) is 5.73 Å². The van der Waals surface area contributed by atoms with Crippen LogP contribution >= 0.6 is 0 Å². The number of nitrogens with zero attached hydrogens (tertiary/aromatic N) is 1. The summed E-state index contributed by atoms with van der Waals surface area (Å²) >= 11 is 0. The molecule has 0 aromatic rings. The number of ketones is 1. The molecule has 0 aromatic carbocycles. The van der Waals surface area contributed by atoms with E-state index in [2.05, 4.69) is 11.8 Å². The van der Waals surface area contributed by atoms with Crippen LogP contribution in [0.4, 0.5) is 0 Å². The number of rotatable bonds is 21. The number of likely N-dealkylation sites (N-methyl/N-ethyl adjacent to an activating group) is 1. The normalized spacial score (nSPS) is 11.4. The smallest absolute Gasteiger partial charge is 0.146 e. The molecule has 3 nitrogen and oxygen atoms in total. The van der Waals surface area contributed by atoms with Gasteiger partial charge in [-0.3, -0.25) is 9.69 Å². The van der Waals surface area contributed by atoms with E-state index in [1.165, 1.54) is 89.9 Å². The van der Waals surface area contributed by atoms with Gasteiger partial charge >= 0.3 is 0 Å². The summed E-state index contributed by atoms with van der Waals surface area (Å²) in [6.07, 6.45) is 22.3. The number of unbranched alkanes of at least 4 members (excludes halogenated alkanes) is 14. The van der Waals surface area contributed by atoms with Crippen LogP contribution in [0.1, 0.15) is 116 Å². The third-order valence-corrected chi connectivity index (χ3v) is 5.25. The second-order valence-electron chi connectivity index (χ2n) is 8.12. The lowest BCUT2D eigenvalue weighted by Crippen LogP contribution is -2.28. The predicted octanol–water partition coefficient (Wildman–Crippen LogP) is 6.10.